The minimum atomic E-state index is 0.120. The first kappa shape index (κ1) is 13.0. The number of benzene rings is 1. The van der Waals surface area contributed by atoms with Crippen molar-refractivity contribution in [2.75, 3.05) is 11.9 Å². The molecule has 0 bridgehead atoms. The molecule has 0 saturated carbocycles. The van der Waals surface area contributed by atoms with Crippen molar-refractivity contribution in [2.45, 2.75) is 26.3 Å². The van der Waals surface area contributed by atoms with E-state index < -0.39 is 0 Å². The first-order valence-electron chi connectivity index (χ1n) is 6.01. The molecule has 0 spiro atoms. The molecule has 1 atom stereocenters. The summed E-state index contributed by atoms with van der Waals surface area (Å²) in [6, 6.07) is 8.54. The van der Waals surface area contributed by atoms with Crippen LogP contribution in [-0.4, -0.2) is 21.9 Å². The van der Waals surface area contributed by atoms with Gasteiger partial charge in [0.2, 0.25) is 5.13 Å². The van der Waals surface area contributed by atoms with E-state index in [0.29, 0.717) is 0 Å². The second-order valence-corrected chi connectivity index (χ2v) is 5.29. The molecule has 0 amide bonds. The molecule has 1 unspecified atom stereocenters. The molecule has 0 aliphatic heterocycles. The van der Waals surface area contributed by atoms with Gasteiger partial charge in [0.25, 0.3) is 0 Å². The lowest BCUT2D eigenvalue weighted by atomic mass is 10.1. The quantitative estimate of drug-likeness (QED) is 0.867. The summed E-state index contributed by atoms with van der Waals surface area (Å²) in [5.41, 5.74) is 8.19. The number of nitrogens with zero attached hydrogens (tertiary/aromatic N) is 2. The monoisotopic (exact) mass is 262 g/mol. The zero-order valence-corrected chi connectivity index (χ0v) is 11.5. The highest BCUT2D eigenvalue weighted by atomic mass is 32.1. The van der Waals surface area contributed by atoms with Crippen LogP contribution < -0.4 is 11.1 Å². The second kappa shape index (κ2) is 5.93. The van der Waals surface area contributed by atoms with Crippen LogP contribution in [0, 0.1) is 6.92 Å². The van der Waals surface area contributed by atoms with Gasteiger partial charge in [-0.05, 0) is 19.4 Å². The highest BCUT2D eigenvalue weighted by molar-refractivity contribution is 7.09. The van der Waals surface area contributed by atoms with Crippen LogP contribution in [0.15, 0.2) is 24.3 Å². The molecule has 0 saturated heterocycles. The van der Waals surface area contributed by atoms with Crippen LogP contribution in [0.2, 0.25) is 0 Å². The molecule has 0 aliphatic rings. The van der Waals surface area contributed by atoms with Crippen molar-refractivity contribution in [3.63, 3.8) is 0 Å². The van der Waals surface area contributed by atoms with Gasteiger partial charge in [-0.1, -0.05) is 29.8 Å². The van der Waals surface area contributed by atoms with Crippen LogP contribution in [-0.2, 0) is 6.42 Å². The minimum Gasteiger partial charge on any atom is -0.359 e. The lowest BCUT2D eigenvalue weighted by Gasteiger charge is -2.04. The third kappa shape index (κ3) is 3.78. The van der Waals surface area contributed by atoms with E-state index in [1.54, 1.807) is 0 Å². The number of hydrogen-bond donors (Lipinski definition) is 2. The molecular formula is C13H18N4S. The number of hydrogen-bond acceptors (Lipinski definition) is 5. The summed E-state index contributed by atoms with van der Waals surface area (Å²) in [4.78, 5) is 4.45. The largest absolute Gasteiger partial charge is 0.359 e. The van der Waals surface area contributed by atoms with E-state index in [1.807, 2.05) is 6.92 Å². The minimum absolute atomic E-state index is 0.120. The highest BCUT2D eigenvalue weighted by Crippen LogP contribution is 2.14. The molecule has 96 valence electrons. The molecule has 3 N–H and O–H groups in total. The molecule has 18 heavy (non-hydrogen) atoms. The average Bonchev–Trinajstić information content (AvgIpc) is 2.74. The maximum atomic E-state index is 5.68. The van der Waals surface area contributed by atoms with Gasteiger partial charge in [0.05, 0.1) is 0 Å². The van der Waals surface area contributed by atoms with Crippen molar-refractivity contribution in [3.05, 3.63) is 41.2 Å². The molecule has 2 rings (SSSR count). The summed E-state index contributed by atoms with van der Waals surface area (Å²) < 4.78 is 4.35. The van der Waals surface area contributed by atoms with E-state index >= 15 is 0 Å². The number of nitrogens with one attached hydrogen (secondary N) is 1. The molecule has 1 heterocycles. The topological polar surface area (TPSA) is 63.8 Å². The average molecular weight is 262 g/mol. The Morgan fingerprint density at radius 2 is 2.28 bits per heavy atom. The Morgan fingerprint density at radius 3 is 3.00 bits per heavy atom. The predicted molar refractivity (Wildman–Crippen MR) is 76.0 cm³/mol. The van der Waals surface area contributed by atoms with Crippen molar-refractivity contribution in [2.24, 2.45) is 5.73 Å². The van der Waals surface area contributed by atoms with Crippen molar-refractivity contribution in [1.29, 1.82) is 0 Å². The van der Waals surface area contributed by atoms with Gasteiger partial charge in [0, 0.05) is 30.5 Å². The molecule has 1 aromatic carbocycles. The van der Waals surface area contributed by atoms with Gasteiger partial charge in [0.1, 0.15) is 5.82 Å². The highest BCUT2D eigenvalue weighted by Gasteiger charge is 2.05. The summed E-state index contributed by atoms with van der Waals surface area (Å²) in [5.74, 6) is 0.859. The van der Waals surface area contributed by atoms with E-state index in [2.05, 4.69) is 45.9 Å². The zero-order chi connectivity index (χ0) is 13.0. The molecule has 0 fully saturated rings. The fourth-order valence-electron chi connectivity index (χ4n) is 1.65. The summed E-state index contributed by atoms with van der Waals surface area (Å²) in [6.45, 7) is 4.77. The Bertz CT molecular complexity index is 507. The van der Waals surface area contributed by atoms with Gasteiger partial charge in [-0.25, -0.2) is 4.98 Å². The fraction of sp³-hybridized carbons (Fsp3) is 0.385. The lowest BCUT2D eigenvalue weighted by molar-refractivity contribution is 0.779. The van der Waals surface area contributed by atoms with Crippen LogP contribution in [0.4, 0.5) is 5.13 Å². The van der Waals surface area contributed by atoms with Gasteiger partial charge >= 0.3 is 0 Å². The maximum absolute atomic E-state index is 5.68. The van der Waals surface area contributed by atoms with Gasteiger partial charge in [-0.15, -0.1) is 0 Å². The SMILES string of the molecule is Cc1cccc(Cc2nsc(NCC(C)N)n2)c1. The molecule has 5 heteroatoms. The number of aromatic nitrogens is 2. The van der Waals surface area contributed by atoms with E-state index in [-0.39, 0.29) is 6.04 Å². The first-order chi connectivity index (χ1) is 8.63. The van der Waals surface area contributed by atoms with Gasteiger partial charge in [-0.2, -0.15) is 4.37 Å². The molecule has 2 aromatic rings. The van der Waals surface area contributed by atoms with Crippen LogP contribution in [0.5, 0.6) is 0 Å². The third-order valence-corrected chi connectivity index (χ3v) is 3.20. The third-order valence-electron chi connectivity index (χ3n) is 2.49. The van der Waals surface area contributed by atoms with Crippen molar-refractivity contribution in [3.8, 4) is 0 Å². The Kier molecular flexibility index (Phi) is 4.28. The Balaban J connectivity index is 1.98. The van der Waals surface area contributed by atoms with Crippen LogP contribution in [0.3, 0.4) is 0 Å². The summed E-state index contributed by atoms with van der Waals surface area (Å²) in [6.07, 6.45) is 0.776. The normalized spacial score (nSPS) is 12.4. The zero-order valence-electron chi connectivity index (χ0n) is 10.7. The summed E-state index contributed by atoms with van der Waals surface area (Å²) in [5, 5.41) is 4.02. The fourth-order valence-corrected chi connectivity index (χ4v) is 2.24. The number of rotatable bonds is 5. The Hall–Kier alpha value is -1.46. The van der Waals surface area contributed by atoms with Gasteiger partial charge in [0.15, 0.2) is 0 Å². The van der Waals surface area contributed by atoms with Crippen molar-refractivity contribution in [1.82, 2.24) is 9.36 Å². The Morgan fingerprint density at radius 1 is 1.44 bits per heavy atom. The second-order valence-electron chi connectivity index (χ2n) is 4.54. The van der Waals surface area contributed by atoms with E-state index in [1.165, 1.54) is 22.7 Å². The number of anilines is 1. The van der Waals surface area contributed by atoms with Gasteiger partial charge in [-0.3, -0.25) is 0 Å². The number of aryl methyl sites for hydroxylation is 1. The molecule has 1 aromatic heterocycles. The summed E-state index contributed by atoms with van der Waals surface area (Å²) in [7, 11) is 0. The van der Waals surface area contributed by atoms with E-state index in [4.69, 9.17) is 5.73 Å². The molecule has 0 aliphatic carbocycles. The van der Waals surface area contributed by atoms with Crippen molar-refractivity contribution < 1.29 is 0 Å². The van der Waals surface area contributed by atoms with E-state index in [9.17, 15) is 0 Å². The van der Waals surface area contributed by atoms with Gasteiger partial charge < -0.3 is 11.1 Å². The maximum Gasteiger partial charge on any atom is 0.202 e. The molecule has 4 nitrogen and oxygen atoms in total. The smallest absolute Gasteiger partial charge is 0.202 e. The summed E-state index contributed by atoms with van der Waals surface area (Å²) >= 11 is 1.39. The lowest BCUT2D eigenvalue weighted by Crippen LogP contribution is -2.25. The number of nitrogens with two attached hydrogens (primary N) is 1. The predicted octanol–water partition coefficient (Wildman–Crippen LogP) is 2.20. The van der Waals surface area contributed by atoms with Crippen LogP contribution in [0.25, 0.3) is 0 Å². The molecular weight excluding hydrogens is 244 g/mol. The standard InChI is InChI=1S/C13H18N4S/c1-9-4-3-5-11(6-9)7-12-16-13(18-17-12)15-8-10(2)14/h3-6,10H,7-8,14H2,1-2H3,(H,15,16,17). The van der Waals surface area contributed by atoms with Crippen LogP contribution >= 0.6 is 11.5 Å². The molecule has 0 radical (unpaired) electrons. The Labute approximate surface area is 111 Å². The first-order valence-corrected chi connectivity index (χ1v) is 6.78. The van der Waals surface area contributed by atoms with E-state index in [0.717, 1.165) is 23.9 Å². The van der Waals surface area contributed by atoms with Crippen molar-refractivity contribution >= 4 is 16.7 Å². The van der Waals surface area contributed by atoms with Crippen LogP contribution in [0.1, 0.15) is 23.9 Å².